The molecule has 0 spiro atoms. The Morgan fingerprint density at radius 1 is 0.529 bits per heavy atom. The number of aliphatic hydroxyl groups is 7. The maximum Gasteiger partial charge on any atom is 0.187 e. The number of rotatable bonds is 7. The zero-order valence-corrected chi connectivity index (χ0v) is 19.7. The van der Waals surface area contributed by atoms with E-state index in [1.165, 1.54) is 13.8 Å². The molecule has 0 aromatic carbocycles. The van der Waals surface area contributed by atoms with Gasteiger partial charge in [-0.2, -0.15) is 0 Å². The summed E-state index contributed by atoms with van der Waals surface area (Å²) < 4.78 is 33.3. The van der Waals surface area contributed by atoms with Gasteiger partial charge in [0.2, 0.25) is 0 Å². The summed E-state index contributed by atoms with van der Waals surface area (Å²) in [7, 11) is 0. The Morgan fingerprint density at radius 2 is 0.941 bits per heavy atom. The minimum atomic E-state index is -1.65. The van der Waals surface area contributed by atoms with Crippen LogP contribution in [0.4, 0.5) is 0 Å². The zero-order valence-electron chi connectivity index (χ0n) is 19.7. The van der Waals surface area contributed by atoms with E-state index >= 15 is 0 Å². The minimum Gasteiger partial charge on any atom is -0.388 e. The fourth-order valence-corrected chi connectivity index (χ4v) is 4.24. The van der Waals surface area contributed by atoms with Gasteiger partial charge in [0.25, 0.3) is 0 Å². The van der Waals surface area contributed by atoms with Crippen LogP contribution in [0.5, 0.6) is 0 Å². The second-order valence-corrected chi connectivity index (χ2v) is 9.14. The standard InChI is InChI=1S/C21H38O13/c1-5-6-29-19-15(27)17(11(23)8(3)30-19)34-21-16(28)18(12(24)9(4)32-21)33-20-14(26)13(25)10(22)7(2)31-20/h7-28H,5-6H2,1-4H3/t7-,8-,9-,10+,11+,12+,13+,14-,15-,16-,17+,18+,19+,20-,21-/m0/s1. The maximum atomic E-state index is 10.9. The highest BCUT2D eigenvalue weighted by molar-refractivity contribution is 4.95. The van der Waals surface area contributed by atoms with Gasteiger partial charge >= 0.3 is 0 Å². The average Bonchev–Trinajstić information content (AvgIpc) is 2.80. The molecule has 0 amide bonds. The van der Waals surface area contributed by atoms with Crippen molar-refractivity contribution in [2.45, 2.75) is 126 Å². The van der Waals surface area contributed by atoms with Crippen LogP contribution in [-0.2, 0) is 28.4 Å². The van der Waals surface area contributed by atoms with Crippen molar-refractivity contribution in [2.75, 3.05) is 6.61 Å². The topological polar surface area (TPSA) is 197 Å². The first-order chi connectivity index (χ1) is 16.0. The van der Waals surface area contributed by atoms with E-state index in [-0.39, 0.29) is 0 Å². The van der Waals surface area contributed by atoms with E-state index in [1.54, 1.807) is 6.92 Å². The third kappa shape index (κ3) is 5.72. The van der Waals surface area contributed by atoms with Gasteiger partial charge in [-0.1, -0.05) is 6.92 Å². The molecule has 13 nitrogen and oxygen atoms in total. The first-order valence-corrected chi connectivity index (χ1v) is 11.6. The van der Waals surface area contributed by atoms with Gasteiger partial charge in [-0.15, -0.1) is 0 Å². The molecule has 3 fully saturated rings. The van der Waals surface area contributed by atoms with Crippen molar-refractivity contribution in [1.29, 1.82) is 0 Å². The van der Waals surface area contributed by atoms with Crippen LogP contribution in [0.15, 0.2) is 0 Å². The van der Waals surface area contributed by atoms with Crippen molar-refractivity contribution in [2.24, 2.45) is 0 Å². The van der Waals surface area contributed by atoms with Crippen molar-refractivity contribution >= 4 is 0 Å². The van der Waals surface area contributed by atoms with Gasteiger partial charge in [-0.3, -0.25) is 0 Å². The lowest BCUT2D eigenvalue weighted by atomic mass is 9.96. The molecule has 3 saturated heterocycles. The second kappa shape index (κ2) is 11.7. The van der Waals surface area contributed by atoms with Crippen LogP contribution in [0.3, 0.4) is 0 Å². The maximum absolute atomic E-state index is 10.9. The molecular formula is C21H38O13. The van der Waals surface area contributed by atoms with Gasteiger partial charge in [0, 0.05) is 6.61 Å². The molecule has 3 aliphatic rings. The van der Waals surface area contributed by atoms with Gasteiger partial charge in [0.05, 0.1) is 18.3 Å². The molecule has 0 aromatic rings. The predicted octanol–water partition coefficient (Wildman–Crippen LogP) is -3.06. The zero-order chi connectivity index (χ0) is 25.3. The third-order valence-corrected chi connectivity index (χ3v) is 6.44. The lowest BCUT2D eigenvalue weighted by Crippen LogP contribution is -2.65. The fraction of sp³-hybridized carbons (Fsp3) is 1.00. The van der Waals surface area contributed by atoms with Crippen molar-refractivity contribution in [1.82, 2.24) is 0 Å². The van der Waals surface area contributed by atoms with Gasteiger partial charge < -0.3 is 64.2 Å². The Balaban J connectivity index is 1.73. The van der Waals surface area contributed by atoms with Crippen molar-refractivity contribution < 1.29 is 64.2 Å². The fourth-order valence-electron chi connectivity index (χ4n) is 4.24. The summed E-state index contributed by atoms with van der Waals surface area (Å²) in [6, 6.07) is 0. The van der Waals surface area contributed by atoms with E-state index in [9.17, 15) is 35.7 Å². The van der Waals surface area contributed by atoms with Crippen molar-refractivity contribution in [3.8, 4) is 0 Å². The molecule has 3 heterocycles. The van der Waals surface area contributed by atoms with E-state index in [0.717, 1.165) is 0 Å². The number of ether oxygens (including phenoxy) is 6. The number of aliphatic hydroxyl groups excluding tert-OH is 7. The molecule has 0 aliphatic carbocycles. The third-order valence-electron chi connectivity index (χ3n) is 6.44. The lowest BCUT2D eigenvalue weighted by molar-refractivity contribution is -0.375. The van der Waals surface area contributed by atoms with Crippen molar-refractivity contribution in [3.63, 3.8) is 0 Å². The Morgan fingerprint density at radius 3 is 1.44 bits per heavy atom. The molecule has 0 radical (unpaired) electrons. The van der Waals surface area contributed by atoms with E-state index in [0.29, 0.717) is 13.0 Å². The molecule has 3 rings (SSSR count). The SMILES string of the molecule is CCCO[C@@H]1O[C@@H](C)[C@@H](O)[C@@H](O[C@@H]2O[C@@H](C)[C@@H](O)[C@@H](O[C@@H]3O[C@@H](C)[C@@H](O)[C@@H](O)[C@@H]3O)[C@@H]2O)[C@@H]1O. The van der Waals surface area contributed by atoms with Crippen molar-refractivity contribution in [3.05, 3.63) is 0 Å². The Kier molecular flexibility index (Phi) is 9.64. The van der Waals surface area contributed by atoms with Gasteiger partial charge in [0.15, 0.2) is 18.9 Å². The molecule has 3 aliphatic heterocycles. The van der Waals surface area contributed by atoms with Gasteiger partial charge in [-0.05, 0) is 27.2 Å². The monoisotopic (exact) mass is 498 g/mol. The molecule has 13 heteroatoms. The molecule has 0 aromatic heterocycles. The summed E-state index contributed by atoms with van der Waals surface area (Å²) in [5.41, 5.74) is 0. The summed E-state index contributed by atoms with van der Waals surface area (Å²) in [5, 5.41) is 72.8. The molecule has 15 atom stereocenters. The molecular weight excluding hydrogens is 460 g/mol. The van der Waals surface area contributed by atoms with Crippen LogP contribution in [0.1, 0.15) is 34.1 Å². The summed E-state index contributed by atoms with van der Waals surface area (Å²) in [6.45, 7) is 6.73. The van der Waals surface area contributed by atoms with E-state index in [4.69, 9.17) is 28.4 Å². The quantitative estimate of drug-likeness (QED) is 0.187. The second-order valence-electron chi connectivity index (χ2n) is 9.14. The highest BCUT2D eigenvalue weighted by atomic mass is 16.7. The molecule has 7 N–H and O–H groups in total. The molecule has 34 heavy (non-hydrogen) atoms. The number of hydrogen-bond acceptors (Lipinski definition) is 13. The molecule has 0 unspecified atom stereocenters. The lowest BCUT2D eigenvalue weighted by Gasteiger charge is -2.47. The highest BCUT2D eigenvalue weighted by Crippen LogP contribution is 2.32. The molecule has 200 valence electrons. The minimum absolute atomic E-state index is 0.307. The summed E-state index contributed by atoms with van der Waals surface area (Å²) >= 11 is 0. The first-order valence-electron chi connectivity index (χ1n) is 11.6. The Labute approximate surface area is 197 Å². The number of hydrogen-bond donors (Lipinski definition) is 7. The van der Waals surface area contributed by atoms with Crippen LogP contribution < -0.4 is 0 Å². The van der Waals surface area contributed by atoms with E-state index < -0.39 is 92.1 Å². The van der Waals surface area contributed by atoms with Crippen LogP contribution in [0.2, 0.25) is 0 Å². The van der Waals surface area contributed by atoms with Crippen LogP contribution >= 0.6 is 0 Å². The average molecular weight is 499 g/mol. The highest BCUT2D eigenvalue weighted by Gasteiger charge is 2.52. The van der Waals surface area contributed by atoms with Crippen LogP contribution in [-0.4, -0.2) is 134 Å². The largest absolute Gasteiger partial charge is 0.388 e. The van der Waals surface area contributed by atoms with E-state index in [2.05, 4.69) is 0 Å². The predicted molar refractivity (Wildman–Crippen MR) is 111 cm³/mol. The molecule has 0 saturated carbocycles. The van der Waals surface area contributed by atoms with Gasteiger partial charge in [-0.25, -0.2) is 0 Å². The Hall–Kier alpha value is -0.520. The Bertz CT molecular complexity index is 640. The van der Waals surface area contributed by atoms with Crippen LogP contribution in [0.25, 0.3) is 0 Å². The van der Waals surface area contributed by atoms with Gasteiger partial charge in [0.1, 0.15) is 54.9 Å². The summed E-state index contributed by atoms with van der Waals surface area (Å²) in [6.07, 6.45) is -18.8. The normalized spacial score (nSPS) is 52.5. The molecule has 0 bridgehead atoms. The first kappa shape index (κ1) is 28.1. The van der Waals surface area contributed by atoms with Crippen LogP contribution in [0, 0.1) is 0 Å². The van der Waals surface area contributed by atoms with E-state index in [1.807, 2.05) is 6.92 Å². The summed E-state index contributed by atoms with van der Waals surface area (Å²) in [5.74, 6) is 0. The summed E-state index contributed by atoms with van der Waals surface area (Å²) in [4.78, 5) is 0. The smallest absolute Gasteiger partial charge is 0.187 e.